The predicted molar refractivity (Wildman–Crippen MR) is 99.2 cm³/mol. The van der Waals surface area contributed by atoms with Crippen LogP contribution in [0.4, 0.5) is 0 Å². The first-order valence-electron chi connectivity index (χ1n) is 8.69. The van der Waals surface area contributed by atoms with Crippen LogP contribution in [0.5, 0.6) is 0 Å². The number of nitrogens with one attached hydrogen (secondary N) is 1. The molecule has 3 heteroatoms. The van der Waals surface area contributed by atoms with Crippen LogP contribution in [0.1, 0.15) is 59.3 Å². The molecule has 0 spiro atoms. The van der Waals surface area contributed by atoms with Crippen LogP contribution in [0.25, 0.3) is 0 Å². The molecule has 130 valence electrons. The average Bonchev–Trinajstić information content (AvgIpc) is 2.52. The van der Waals surface area contributed by atoms with Gasteiger partial charge in [0.05, 0.1) is 5.60 Å². The van der Waals surface area contributed by atoms with Gasteiger partial charge in [-0.2, -0.15) is 0 Å². The highest BCUT2D eigenvalue weighted by molar-refractivity contribution is 5.87. The minimum atomic E-state index is -0.769. The summed E-state index contributed by atoms with van der Waals surface area (Å²) in [7, 11) is 0. The Morgan fingerprint density at radius 3 is 2.22 bits per heavy atom. The fourth-order valence-electron chi connectivity index (χ4n) is 2.34. The normalized spacial score (nSPS) is 13.0. The lowest BCUT2D eigenvalue weighted by atomic mass is 9.92. The molecule has 0 unspecified atom stereocenters. The van der Waals surface area contributed by atoms with Gasteiger partial charge < -0.3 is 10.4 Å². The molecule has 0 aliphatic heterocycles. The second-order valence-electron chi connectivity index (χ2n) is 5.76. The molecule has 0 saturated heterocycles. The number of hydrogen-bond acceptors (Lipinski definition) is 2. The fourth-order valence-corrected chi connectivity index (χ4v) is 2.34. The zero-order valence-electron chi connectivity index (χ0n) is 14.9. The summed E-state index contributed by atoms with van der Waals surface area (Å²) in [6.07, 6.45) is 20.4. The lowest BCUT2D eigenvalue weighted by molar-refractivity contribution is -0.118. The lowest BCUT2D eigenvalue weighted by Crippen LogP contribution is -2.42. The summed E-state index contributed by atoms with van der Waals surface area (Å²) < 4.78 is 0. The van der Waals surface area contributed by atoms with E-state index in [4.69, 9.17) is 0 Å². The van der Waals surface area contributed by atoms with Crippen molar-refractivity contribution in [1.29, 1.82) is 0 Å². The molecule has 0 aliphatic carbocycles. The van der Waals surface area contributed by atoms with Gasteiger partial charge in [0.2, 0.25) is 5.91 Å². The van der Waals surface area contributed by atoms with Crippen molar-refractivity contribution in [2.24, 2.45) is 0 Å². The van der Waals surface area contributed by atoms with Crippen LogP contribution < -0.4 is 5.32 Å². The Bertz CT molecular complexity index is 413. The number of rotatable bonds is 12. The lowest BCUT2D eigenvalue weighted by Gasteiger charge is -2.27. The van der Waals surface area contributed by atoms with Gasteiger partial charge in [-0.3, -0.25) is 4.79 Å². The molecule has 1 amide bonds. The third kappa shape index (κ3) is 12.6. The molecule has 23 heavy (non-hydrogen) atoms. The molecule has 0 aliphatic rings. The standard InChI is InChI=1S/C20H33NO2/c1-4-7-8-9-10-11-12-13-14-15-19(22)21-18-20(23,16-5-2)17-6-3/h4,7-11,14-15,23H,5-6,12-13,16-18H2,1-3H3,(H,21,22). The van der Waals surface area contributed by atoms with E-state index >= 15 is 0 Å². The number of unbranched alkanes of at least 4 members (excludes halogenated alkanes) is 1. The molecule has 0 radical (unpaired) electrons. The Morgan fingerprint density at radius 1 is 1.00 bits per heavy atom. The van der Waals surface area contributed by atoms with Gasteiger partial charge in [0.25, 0.3) is 0 Å². The van der Waals surface area contributed by atoms with E-state index in [9.17, 15) is 9.90 Å². The van der Waals surface area contributed by atoms with Gasteiger partial charge in [-0.15, -0.1) is 0 Å². The smallest absolute Gasteiger partial charge is 0.243 e. The van der Waals surface area contributed by atoms with Gasteiger partial charge in [-0.1, -0.05) is 69.2 Å². The molecule has 0 heterocycles. The van der Waals surface area contributed by atoms with E-state index in [1.165, 1.54) is 0 Å². The maximum absolute atomic E-state index is 11.8. The molecular weight excluding hydrogens is 286 g/mol. The Morgan fingerprint density at radius 2 is 1.61 bits per heavy atom. The molecule has 3 nitrogen and oxygen atoms in total. The molecule has 0 aromatic carbocycles. The van der Waals surface area contributed by atoms with Crippen molar-refractivity contribution >= 4 is 5.91 Å². The zero-order chi connectivity index (χ0) is 17.4. The Balaban J connectivity index is 4.00. The van der Waals surface area contributed by atoms with Crippen LogP contribution in [0.3, 0.4) is 0 Å². The maximum Gasteiger partial charge on any atom is 0.243 e. The van der Waals surface area contributed by atoms with Gasteiger partial charge in [-0.25, -0.2) is 0 Å². The summed E-state index contributed by atoms with van der Waals surface area (Å²) >= 11 is 0. The molecule has 0 rings (SSSR count). The van der Waals surface area contributed by atoms with Crippen LogP contribution >= 0.6 is 0 Å². The molecule has 2 N–H and O–H groups in total. The second kappa shape index (κ2) is 14.0. The van der Waals surface area contributed by atoms with E-state index in [1.54, 1.807) is 6.08 Å². The van der Waals surface area contributed by atoms with Gasteiger partial charge in [0, 0.05) is 6.54 Å². The first-order chi connectivity index (χ1) is 11.1. The number of aliphatic hydroxyl groups is 1. The topological polar surface area (TPSA) is 49.3 Å². The average molecular weight is 319 g/mol. The van der Waals surface area contributed by atoms with Crippen LogP contribution in [-0.2, 0) is 4.79 Å². The summed E-state index contributed by atoms with van der Waals surface area (Å²) in [4.78, 5) is 11.8. The zero-order valence-corrected chi connectivity index (χ0v) is 14.9. The van der Waals surface area contributed by atoms with Gasteiger partial charge >= 0.3 is 0 Å². The third-order valence-corrected chi connectivity index (χ3v) is 3.45. The number of carbonyl (C=O) groups is 1. The molecule has 0 bridgehead atoms. The largest absolute Gasteiger partial charge is 0.388 e. The van der Waals surface area contributed by atoms with Crippen LogP contribution in [0.15, 0.2) is 48.6 Å². The fraction of sp³-hybridized carbons (Fsp3) is 0.550. The quantitative estimate of drug-likeness (QED) is 0.317. The minimum Gasteiger partial charge on any atom is -0.388 e. The molecule has 0 saturated carbocycles. The van der Waals surface area contributed by atoms with Crippen LogP contribution in [0.2, 0.25) is 0 Å². The SMILES string of the molecule is CC=CC=CC=CCCC=CC(=O)NCC(O)(CCC)CCC. The second-order valence-corrected chi connectivity index (χ2v) is 5.76. The highest BCUT2D eigenvalue weighted by Gasteiger charge is 2.24. The summed E-state index contributed by atoms with van der Waals surface area (Å²) in [6, 6.07) is 0. The van der Waals surface area contributed by atoms with Crippen LogP contribution in [-0.4, -0.2) is 23.2 Å². The number of amides is 1. The van der Waals surface area contributed by atoms with Gasteiger partial charge in [-0.05, 0) is 38.7 Å². The number of allylic oxidation sites excluding steroid dienone is 7. The maximum atomic E-state index is 11.8. The Kier molecular flexibility index (Phi) is 13.0. The van der Waals surface area contributed by atoms with Gasteiger partial charge in [0.1, 0.15) is 0 Å². The predicted octanol–water partition coefficient (Wildman–Crippen LogP) is 4.46. The van der Waals surface area contributed by atoms with E-state index < -0.39 is 5.60 Å². The van der Waals surface area contributed by atoms with E-state index in [-0.39, 0.29) is 5.91 Å². The first-order valence-corrected chi connectivity index (χ1v) is 8.69. The molecular formula is C20H33NO2. The van der Waals surface area contributed by atoms with E-state index in [0.717, 1.165) is 38.5 Å². The highest BCUT2D eigenvalue weighted by atomic mass is 16.3. The van der Waals surface area contributed by atoms with E-state index in [1.807, 2.05) is 57.2 Å². The third-order valence-electron chi connectivity index (χ3n) is 3.45. The summed E-state index contributed by atoms with van der Waals surface area (Å²) in [6.45, 7) is 6.40. The molecule has 0 aromatic heterocycles. The van der Waals surface area contributed by atoms with Crippen molar-refractivity contribution in [3.05, 3.63) is 48.6 Å². The molecule has 0 aromatic rings. The summed E-state index contributed by atoms with van der Waals surface area (Å²) in [5, 5.41) is 13.2. The van der Waals surface area contributed by atoms with Crippen molar-refractivity contribution in [3.63, 3.8) is 0 Å². The number of carbonyl (C=O) groups excluding carboxylic acids is 1. The molecule has 0 atom stereocenters. The van der Waals surface area contributed by atoms with Crippen molar-refractivity contribution in [3.8, 4) is 0 Å². The minimum absolute atomic E-state index is 0.132. The van der Waals surface area contributed by atoms with E-state index in [2.05, 4.69) is 11.4 Å². The van der Waals surface area contributed by atoms with Crippen molar-refractivity contribution < 1.29 is 9.90 Å². The Hall–Kier alpha value is -1.61. The van der Waals surface area contributed by atoms with E-state index in [0.29, 0.717) is 6.54 Å². The summed E-state index contributed by atoms with van der Waals surface area (Å²) in [5.74, 6) is -0.132. The number of hydrogen-bond donors (Lipinski definition) is 2. The highest BCUT2D eigenvalue weighted by Crippen LogP contribution is 2.18. The monoisotopic (exact) mass is 319 g/mol. The van der Waals surface area contributed by atoms with Crippen molar-refractivity contribution in [2.75, 3.05) is 6.54 Å². The first kappa shape index (κ1) is 21.4. The van der Waals surface area contributed by atoms with Crippen LogP contribution in [0, 0.1) is 0 Å². The van der Waals surface area contributed by atoms with Crippen molar-refractivity contribution in [1.82, 2.24) is 5.32 Å². The van der Waals surface area contributed by atoms with Crippen molar-refractivity contribution in [2.45, 2.75) is 64.9 Å². The van der Waals surface area contributed by atoms with Gasteiger partial charge in [0.15, 0.2) is 0 Å². The Labute approximate surface area is 141 Å². The molecule has 0 fully saturated rings. The summed E-state index contributed by atoms with van der Waals surface area (Å²) in [5.41, 5.74) is -0.769.